The van der Waals surface area contributed by atoms with Crippen LogP contribution in [0, 0.1) is 0 Å². The van der Waals surface area contributed by atoms with Gasteiger partial charge in [-0.25, -0.2) is 4.79 Å². The van der Waals surface area contributed by atoms with Crippen molar-refractivity contribution in [2.75, 3.05) is 10.7 Å². The van der Waals surface area contributed by atoms with Crippen molar-refractivity contribution in [3.05, 3.63) is 90.4 Å². The zero-order chi connectivity index (χ0) is 22.9. The maximum absolute atomic E-state index is 12.5. The molecule has 1 aliphatic heterocycles. The van der Waals surface area contributed by atoms with E-state index in [4.69, 9.17) is 4.42 Å². The van der Waals surface area contributed by atoms with Crippen molar-refractivity contribution in [1.29, 1.82) is 0 Å². The Hall–Kier alpha value is -4.85. The van der Waals surface area contributed by atoms with E-state index in [0.29, 0.717) is 22.4 Å². The summed E-state index contributed by atoms with van der Waals surface area (Å²) >= 11 is 0. The second-order valence-electron chi connectivity index (χ2n) is 7.39. The summed E-state index contributed by atoms with van der Waals surface area (Å²) in [5.74, 6) is -1.54. The van der Waals surface area contributed by atoms with Crippen molar-refractivity contribution in [2.24, 2.45) is 5.10 Å². The van der Waals surface area contributed by atoms with E-state index in [1.165, 1.54) is 12.1 Å². The SMILES string of the molecule is O=C1Nc2cc(-c3ccoc3)ccc2C1=NNc1cccc(-c2cccc(C(=O)O)c2)c1O. The summed E-state index contributed by atoms with van der Waals surface area (Å²) in [6.45, 7) is 0. The number of nitrogens with one attached hydrogen (secondary N) is 2. The van der Waals surface area contributed by atoms with Gasteiger partial charge in [0, 0.05) is 16.7 Å². The summed E-state index contributed by atoms with van der Waals surface area (Å²) in [5, 5.41) is 27.0. The number of hydrogen-bond donors (Lipinski definition) is 4. The van der Waals surface area contributed by atoms with E-state index in [-0.39, 0.29) is 28.6 Å². The molecule has 0 atom stereocenters. The first-order valence-corrected chi connectivity index (χ1v) is 9.99. The highest BCUT2D eigenvalue weighted by molar-refractivity contribution is 6.54. The Bertz CT molecular complexity index is 1420. The predicted molar refractivity (Wildman–Crippen MR) is 123 cm³/mol. The highest BCUT2D eigenvalue weighted by Crippen LogP contribution is 2.36. The Kier molecular flexibility index (Phi) is 4.87. The predicted octanol–water partition coefficient (Wildman–Crippen LogP) is 4.79. The van der Waals surface area contributed by atoms with Crippen molar-refractivity contribution >= 4 is 29.0 Å². The molecule has 4 N–H and O–H groups in total. The summed E-state index contributed by atoms with van der Waals surface area (Å²) in [7, 11) is 0. The van der Waals surface area contributed by atoms with Gasteiger partial charge in [0.15, 0.2) is 5.71 Å². The fourth-order valence-electron chi connectivity index (χ4n) is 3.68. The van der Waals surface area contributed by atoms with Gasteiger partial charge >= 0.3 is 5.97 Å². The number of carbonyl (C=O) groups excluding carboxylic acids is 1. The van der Waals surface area contributed by atoms with Gasteiger partial charge in [-0.2, -0.15) is 5.10 Å². The van der Waals surface area contributed by atoms with Crippen molar-refractivity contribution in [3.63, 3.8) is 0 Å². The van der Waals surface area contributed by atoms with Gasteiger partial charge in [0.1, 0.15) is 5.75 Å². The van der Waals surface area contributed by atoms with Crippen molar-refractivity contribution in [1.82, 2.24) is 0 Å². The summed E-state index contributed by atoms with van der Waals surface area (Å²) in [4.78, 5) is 23.8. The van der Waals surface area contributed by atoms with Crippen LogP contribution in [-0.4, -0.2) is 27.8 Å². The lowest BCUT2D eigenvalue weighted by atomic mass is 10.0. The standard InChI is InChI=1S/C25H17N3O5/c29-23-18(15-3-1-4-16(11-15)25(31)32)5-2-6-20(23)27-28-22-19-8-7-14(17-9-10-33-13-17)12-21(19)26-24(22)30/h1-13,27,29H,(H,31,32)(H,26,28,30). The van der Waals surface area contributed by atoms with Crippen LogP contribution in [0.5, 0.6) is 5.75 Å². The molecule has 0 saturated carbocycles. The molecule has 0 bridgehead atoms. The molecule has 4 aromatic rings. The highest BCUT2D eigenvalue weighted by atomic mass is 16.4. The summed E-state index contributed by atoms with van der Waals surface area (Å²) in [6.07, 6.45) is 3.20. The van der Waals surface area contributed by atoms with Gasteiger partial charge in [-0.05, 0) is 47.5 Å². The fourth-order valence-corrected chi connectivity index (χ4v) is 3.68. The lowest BCUT2D eigenvalue weighted by Gasteiger charge is -2.10. The van der Waals surface area contributed by atoms with Crippen LogP contribution in [0.1, 0.15) is 15.9 Å². The van der Waals surface area contributed by atoms with Crippen LogP contribution < -0.4 is 10.7 Å². The van der Waals surface area contributed by atoms with E-state index >= 15 is 0 Å². The Morgan fingerprint density at radius 1 is 0.939 bits per heavy atom. The number of phenolic OH excluding ortho intramolecular Hbond substituents is 1. The molecule has 0 radical (unpaired) electrons. The smallest absolute Gasteiger partial charge is 0.335 e. The monoisotopic (exact) mass is 439 g/mol. The normalized spacial score (nSPS) is 13.6. The third-order valence-electron chi connectivity index (χ3n) is 5.34. The van der Waals surface area contributed by atoms with E-state index in [9.17, 15) is 19.8 Å². The number of hydrazone groups is 1. The van der Waals surface area contributed by atoms with Crippen molar-refractivity contribution in [3.8, 4) is 28.0 Å². The number of aromatic carboxylic acids is 1. The zero-order valence-corrected chi connectivity index (χ0v) is 17.1. The van der Waals surface area contributed by atoms with Crippen LogP contribution >= 0.6 is 0 Å². The Morgan fingerprint density at radius 2 is 1.79 bits per heavy atom. The molecule has 1 aliphatic rings. The van der Waals surface area contributed by atoms with E-state index in [1.54, 1.807) is 48.9 Å². The summed E-state index contributed by atoms with van der Waals surface area (Å²) < 4.78 is 5.12. The quantitative estimate of drug-likeness (QED) is 0.262. The molecular weight excluding hydrogens is 422 g/mol. The molecule has 0 saturated heterocycles. The summed E-state index contributed by atoms with van der Waals surface area (Å²) in [5.41, 5.74) is 7.35. The lowest BCUT2D eigenvalue weighted by Crippen LogP contribution is -2.15. The largest absolute Gasteiger partial charge is 0.505 e. The van der Waals surface area contributed by atoms with E-state index in [0.717, 1.165) is 11.1 Å². The maximum atomic E-state index is 12.5. The number of nitrogens with zero attached hydrogens (tertiary/aromatic N) is 1. The number of phenols is 1. The molecule has 2 heterocycles. The van der Waals surface area contributed by atoms with Crippen LogP contribution in [0.4, 0.5) is 11.4 Å². The molecule has 1 amide bonds. The minimum Gasteiger partial charge on any atom is -0.505 e. The molecule has 3 aromatic carbocycles. The molecule has 0 spiro atoms. The molecule has 33 heavy (non-hydrogen) atoms. The number of benzene rings is 3. The summed E-state index contributed by atoms with van der Waals surface area (Å²) in [6, 6.07) is 18.6. The molecular formula is C25H17N3O5. The van der Waals surface area contributed by atoms with Crippen molar-refractivity contribution in [2.45, 2.75) is 0 Å². The zero-order valence-electron chi connectivity index (χ0n) is 17.1. The molecule has 5 rings (SSSR count). The number of rotatable bonds is 5. The first-order chi connectivity index (χ1) is 16.0. The number of carbonyl (C=O) groups is 2. The Labute approximate surface area is 187 Å². The first kappa shape index (κ1) is 20.1. The topological polar surface area (TPSA) is 124 Å². The molecule has 0 fully saturated rings. The van der Waals surface area contributed by atoms with Gasteiger partial charge in [-0.3, -0.25) is 10.2 Å². The van der Waals surface area contributed by atoms with Gasteiger partial charge < -0.3 is 19.9 Å². The van der Waals surface area contributed by atoms with Crippen molar-refractivity contribution < 1.29 is 24.2 Å². The lowest BCUT2D eigenvalue weighted by molar-refractivity contribution is -0.110. The van der Waals surface area contributed by atoms with Gasteiger partial charge in [0.05, 0.1) is 29.5 Å². The van der Waals surface area contributed by atoms with Crippen LogP contribution in [0.2, 0.25) is 0 Å². The third-order valence-corrected chi connectivity index (χ3v) is 5.34. The maximum Gasteiger partial charge on any atom is 0.335 e. The van der Waals surface area contributed by atoms with E-state index in [2.05, 4.69) is 15.8 Å². The Morgan fingerprint density at radius 3 is 2.58 bits per heavy atom. The third kappa shape index (κ3) is 3.70. The van der Waals surface area contributed by atoms with Crippen LogP contribution in [0.3, 0.4) is 0 Å². The molecule has 0 aliphatic carbocycles. The van der Waals surface area contributed by atoms with E-state index in [1.807, 2.05) is 18.2 Å². The number of fused-ring (bicyclic) bond motifs is 1. The second-order valence-corrected chi connectivity index (χ2v) is 7.39. The number of furan rings is 1. The molecule has 162 valence electrons. The molecule has 8 nitrogen and oxygen atoms in total. The van der Waals surface area contributed by atoms with E-state index < -0.39 is 5.97 Å². The average molecular weight is 439 g/mol. The van der Waals surface area contributed by atoms with Crippen LogP contribution in [-0.2, 0) is 4.79 Å². The van der Waals surface area contributed by atoms with Gasteiger partial charge in [0.2, 0.25) is 0 Å². The number of carboxylic acid groups (broad SMARTS) is 1. The molecule has 8 heteroatoms. The minimum atomic E-state index is -1.06. The number of amides is 1. The number of aromatic hydroxyl groups is 1. The molecule has 0 unspecified atom stereocenters. The van der Waals surface area contributed by atoms with Crippen LogP contribution in [0.15, 0.2) is 88.8 Å². The Balaban J connectivity index is 1.45. The fraction of sp³-hybridized carbons (Fsp3) is 0. The highest BCUT2D eigenvalue weighted by Gasteiger charge is 2.26. The number of para-hydroxylation sites is 1. The molecule has 1 aromatic heterocycles. The van der Waals surface area contributed by atoms with Gasteiger partial charge in [0.25, 0.3) is 5.91 Å². The number of carboxylic acids is 1. The van der Waals surface area contributed by atoms with Gasteiger partial charge in [-0.1, -0.05) is 30.3 Å². The number of anilines is 2. The van der Waals surface area contributed by atoms with Crippen LogP contribution in [0.25, 0.3) is 22.3 Å². The van der Waals surface area contributed by atoms with Gasteiger partial charge in [-0.15, -0.1) is 0 Å². The first-order valence-electron chi connectivity index (χ1n) is 9.99. The number of hydrogen-bond acceptors (Lipinski definition) is 6. The second kappa shape index (κ2) is 8.01. The minimum absolute atomic E-state index is 0.111. The average Bonchev–Trinajstić information content (AvgIpc) is 3.46.